The van der Waals surface area contributed by atoms with Gasteiger partial charge in [-0.3, -0.25) is 9.10 Å². The molecule has 7 heteroatoms. The highest BCUT2D eigenvalue weighted by Gasteiger charge is 2.21. The molecule has 6 nitrogen and oxygen atoms in total. The lowest BCUT2D eigenvalue weighted by atomic mass is 10.1. The average Bonchev–Trinajstić information content (AvgIpc) is 2.73. The Labute approximate surface area is 177 Å². The van der Waals surface area contributed by atoms with Crippen molar-refractivity contribution in [2.24, 2.45) is 0 Å². The maximum absolute atomic E-state index is 12.8. The van der Waals surface area contributed by atoms with Crippen LogP contribution in [-0.2, 0) is 14.8 Å². The maximum atomic E-state index is 12.8. The van der Waals surface area contributed by atoms with Gasteiger partial charge in [-0.05, 0) is 61.9 Å². The molecule has 30 heavy (non-hydrogen) atoms. The van der Waals surface area contributed by atoms with Gasteiger partial charge in [0.1, 0.15) is 5.75 Å². The molecule has 0 spiro atoms. The van der Waals surface area contributed by atoms with Crippen molar-refractivity contribution in [2.45, 2.75) is 18.7 Å². The molecule has 3 aromatic carbocycles. The van der Waals surface area contributed by atoms with Gasteiger partial charge in [0.15, 0.2) is 6.61 Å². The van der Waals surface area contributed by atoms with Crippen molar-refractivity contribution >= 4 is 27.3 Å². The van der Waals surface area contributed by atoms with Gasteiger partial charge in [0.25, 0.3) is 15.9 Å². The predicted molar refractivity (Wildman–Crippen MR) is 119 cm³/mol. The Morgan fingerprint density at radius 3 is 2.27 bits per heavy atom. The summed E-state index contributed by atoms with van der Waals surface area (Å²) in [5.74, 6) is 0.327. The molecule has 0 aliphatic carbocycles. The fraction of sp³-hybridized carbons (Fsp3) is 0.174. The number of rotatable bonds is 7. The minimum Gasteiger partial charge on any atom is -0.483 e. The fourth-order valence-electron chi connectivity index (χ4n) is 2.95. The van der Waals surface area contributed by atoms with Crippen molar-refractivity contribution in [3.63, 3.8) is 0 Å². The summed E-state index contributed by atoms with van der Waals surface area (Å²) in [6.07, 6.45) is 0. The molecule has 3 rings (SSSR count). The summed E-state index contributed by atoms with van der Waals surface area (Å²) in [5, 5.41) is 2.71. The van der Waals surface area contributed by atoms with E-state index in [1.54, 1.807) is 36.4 Å². The van der Waals surface area contributed by atoms with Crippen LogP contribution in [0.4, 0.5) is 11.4 Å². The number of para-hydroxylation sites is 1. The van der Waals surface area contributed by atoms with E-state index in [0.29, 0.717) is 17.1 Å². The fourth-order valence-corrected chi connectivity index (χ4v) is 4.14. The highest BCUT2D eigenvalue weighted by atomic mass is 32.2. The van der Waals surface area contributed by atoms with E-state index < -0.39 is 10.0 Å². The van der Waals surface area contributed by atoms with Crippen molar-refractivity contribution in [2.75, 3.05) is 23.3 Å². The first kappa shape index (κ1) is 21.4. The summed E-state index contributed by atoms with van der Waals surface area (Å²) in [6, 6.07) is 20.6. The summed E-state index contributed by atoms with van der Waals surface area (Å²) in [6.45, 7) is 3.78. The van der Waals surface area contributed by atoms with Crippen LogP contribution < -0.4 is 14.4 Å². The molecule has 1 amide bonds. The number of carbonyl (C=O) groups excluding carboxylic acids is 1. The van der Waals surface area contributed by atoms with Gasteiger partial charge in [0, 0.05) is 12.7 Å². The van der Waals surface area contributed by atoms with E-state index in [1.165, 1.54) is 23.5 Å². The van der Waals surface area contributed by atoms with E-state index in [0.717, 1.165) is 11.1 Å². The number of sulfonamides is 1. The van der Waals surface area contributed by atoms with E-state index >= 15 is 0 Å². The molecule has 0 saturated carbocycles. The SMILES string of the molecule is Cc1ccc(OCC(=O)Nc2ccc(S(=O)(=O)N(C)c3ccccc3)cc2)c(C)c1. The molecule has 0 aliphatic rings. The van der Waals surface area contributed by atoms with E-state index in [9.17, 15) is 13.2 Å². The van der Waals surface area contributed by atoms with Gasteiger partial charge in [-0.15, -0.1) is 0 Å². The third-order valence-corrected chi connectivity index (χ3v) is 6.41. The van der Waals surface area contributed by atoms with Gasteiger partial charge >= 0.3 is 0 Å². The molecule has 156 valence electrons. The van der Waals surface area contributed by atoms with Crippen LogP contribution in [0.5, 0.6) is 5.75 Å². The summed E-state index contributed by atoms with van der Waals surface area (Å²) in [5.41, 5.74) is 3.14. The first-order valence-corrected chi connectivity index (χ1v) is 10.9. The number of aryl methyl sites for hydroxylation is 2. The first-order valence-electron chi connectivity index (χ1n) is 9.41. The molecule has 0 fully saturated rings. The number of carbonyl (C=O) groups is 1. The monoisotopic (exact) mass is 424 g/mol. The van der Waals surface area contributed by atoms with Gasteiger partial charge in [-0.2, -0.15) is 0 Å². The molecule has 0 aliphatic heterocycles. The Bertz CT molecular complexity index is 1130. The second kappa shape index (κ2) is 9.00. The molecule has 0 unspecified atom stereocenters. The Morgan fingerprint density at radius 2 is 1.63 bits per heavy atom. The Kier molecular flexibility index (Phi) is 6.42. The van der Waals surface area contributed by atoms with Gasteiger partial charge < -0.3 is 10.1 Å². The van der Waals surface area contributed by atoms with Crippen LogP contribution in [0, 0.1) is 13.8 Å². The van der Waals surface area contributed by atoms with Crippen LogP contribution in [0.1, 0.15) is 11.1 Å². The number of amides is 1. The van der Waals surface area contributed by atoms with Crippen LogP contribution in [0.25, 0.3) is 0 Å². The van der Waals surface area contributed by atoms with Crippen molar-refractivity contribution in [1.82, 2.24) is 0 Å². The molecule has 0 saturated heterocycles. The average molecular weight is 425 g/mol. The zero-order chi connectivity index (χ0) is 21.7. The minimum absolute atomic E-state index is 0.137. The van der Waals surface area contributed by atoms with E-state index in [1.807, 2.05) is 38.1 Å². The number of nitrogens with zero attached hydrogens (tertiary/aromatic N) is 1. The molecule has 0 atom stereocenters. The van der Waals surface area contributed by atoms with Crippen LogP contribution in [0.3, 0.4) is 0 Å². The van der Waals surface area contributed by atoms with E-state index in [4.69, 9.17) is 4.74 Å². The highest BCUT2D eigenvalue weighted by molar-refractivity contribution is 7.92. The molecule has 1 N–H and O–H groups in total. The topological polar surface area (TPSA) is 75.7 Å². The van der Waals surface area contributed by atoms with Crippen LogP contribution >= 0.6 is 0 Å². The van der Waals surface area contributed by atoms with Gasteiger partial charge in [0.2, 0.25) is 0 Å². The Balaban J connectivity index is 1.63. The van der Waals surface area contributed by atoms with Crippen molar-refractivity contribution in [3.05, 3.63) is 83.9 Å². The largest absolute Gasteiger partial charge is 0.483 e. The van der Waals surface area contributed by atoms with Crippen molar-refractivity contribution in [1.29, 1.82) is 0 Å². The quantitative estimate of drug-likeness (QED) is 0.618. The first-order chi connectivity index (χ1) is 14.3. The third-order valence-electron chi connectivity index (χ3n) is 4.61. The van der Waals surface area contributed by atoms with Crippen molar-refractivity contribution < 1.29 is 17.9 Å². The Morgan fingerprint density at radius 1 is 0.967 bits per heavy atom. The number of ether oxygens (including phenoxy) is 1. The zero-order valence-corrected chi connectivity index (χ0v) is 17.9. The molecule has 0 radical (unpaired) electrons. The van der Waals surface area contributed by atoms with Gasteiger partial charge in [-0.1, -0.05) is 35.9 Å². The minimum atomic E-state index is -3.70. The molecule has 0 bridgehead atoms. The smallest absolute Gasteiger partial charge is 0.264 e. The number of benzene rings is 3. The Hall–Kier alpha value is -3.32. The molecule has 0 heterocycles. The molecular formula is C23H24N2O4S. The van der Waals surface area contributed by atoms with Crippen LogP contribution in [0.15, 0.2) is 77.7 Å². The predicted octanol–water partition coefficient (Wildman–Crippen LogP) is 4.15. The summed E-state index contributed by atoms with van der Waals surface area (Å²) in [7, 11) is -2.19. The van der Waals surface area contributed by atoms with Crippen molar-refractivity contribution in [3.8, 4) is 5.75 Å². The number of nitrogens with one attached hydrogen (secondary N) is 1. The second-order valence-electron chi connectivity index (χ2n) is 6.94. The summed E-state index contributed by atoms with van der Waals surface area (Å²) >= 11 is 0. The number of hydrogen-bond acceptors (Lipinski definition) is 4. The molecular weight excluding hydrogens is 400 g/mol. The molecule has 0 aromatic heterocycles. The summed E-state index contributed by atoms with van der Waals surface area (Å²) < 4.78 is 32.4. The molecule has 3 aromatic rings. The standard InChI is InChI=1S/C23H24N2O4S/c1-17-9-14-22(18(2)15-17)29-16-23(26)24-19-10-12-21(13-11-19)30(27,28)25(3)20-7-5-4-6-8-20/h4-15H,16H2,1-3H3,(H,24,26). The number of anilines is 2. The lowest BCUT2D eigenvalue weighted by molar-refractivity contribution is -0.118. The number of hydrogen-bond donors (Lipinski definition) is 1. The third kappa shape index (κ3) is 4.99. The lowest BCUT2D eigenvalue weighted by Gasteiger charge is -2.19. The summed E-state index contributed by atoms with van der Waals surface area (Å²) in [4.78, 5) is 12.3. The normalized spacial score (nSPS) is 11.0. The van der Waals surface area contributed by atoms with Crippen LogP contribution in [0.2, 0.25) is 0 Å². The van der Waals surface area contributed by atoms with Gasteiger partial charge in [-0.25, -0.2) is 8.42 Å². The van der Waals surface area contributed by atoms with E-state index in [-0.39, 0.29) is 17.4 Å². The zero-order valence-electron chi connectivity index (χ0n) is 17.1. The van der Waals surface area contributed by atoms with E-state index in [2.05, 4.69) is 5.32 Å². The second-order valence-corrected chi connectivity index (χ2v) is 8.91. The maximum Gasteiger partial charge on any atom is 0.264 e. The van der Waals surface area contributed by atoms with Crippen LogP contribution in [-0.4, -0.2) is 28.0 Å². The lowest BCUT2D eigenvalue weighted by Crippen LogP contribution is -2.26. The van der Waals surface area contributed by atoms with Gasteiger partial charge in [0.05, 0.1) is 10.6 Å². The highest BCUT2D eigenvalue weighted by Crippen LogP contribution is 2.23.